The van der Waals surface area contributed by atoms with Crippen LogP contribution in [0.3, 0.4) is 0 Å². The van der Waals surface area contributed by atoms with Gasteiger partial charge in [-0.15, -0.1) is 11.3 Å². The molecule has 1 aromatic heterocycles. The van der Waals surface area contributed by atoms with Gasteiger partial charge < -0.3 is 15.8 Å². The van der Waals surface area contributed by atoms with Gasteiger partial charge in [0.1, 0.15) is 5.00 Å². The first-order valence-corrected chi connectivity index (χ1v) is 10.9. The van der Waals surface area contributed by atoms with E-state index in [1.807, 2.05) is 0 Å². The molecule has 0 saturated carbocycles. The number of nitrogens with one attached hydrogen (secondary N) is 2. The summed E-state index contributed by atoms with van der Waals surface area (Å²) in [5.41, 5.74) is 7.17. The molecule has 0 fully saturated rings. The van der Waals surface area contributed by atoms with Gasteiger partial charge in [0.25, 0.3) is 5.91 Å². The number of carbonyl (C=O) groups excluding carboxylic acids is 3. The number of urea groups is 1. The summed E-state index contributed by atoms with van der Waals surface area (Å²) in [5, 5.41) is 6.28. The SMILES string of the molecule is CC(C)OC(=O)CCC1CN=Cc2sc(NC(=O)Nc3ccc(Cl)cc3)c(C(N)=O)c21. The van der Waals surface area contributed by atoms with Crippen LogP contribution in [0, 0.1) is 0 Å². The van der Waals surface area contributed by atoms with E-state index in [4.69, 9.17) is 22.1 Å². The molecule has 3 rings (SSSR count). The zero-order chi connectivity index (χ0) is 22.5. The highest BCUT2D eigenvalue weighted by atomic mass is 35.5. The monoisotopic (exact) mass is 462 g/mol. The number of nitrogens with two attached hydrogens (primary N) is 1. The van der Waals surface area contributed by atoms with Gasteiger partial charge in [-0.2, -0.15) is 0 Å². The maximum absolute atomic E-state index is 12.5. The van der Waals surface area contributed by atoms with Gasteiger partial charge in [0, 0.05) is 35.8 Å². The molecule has 10 heteroatoms. The molecule has 8 nitrogen and oxygen atoms in total. The normalized spacial score (nSPS) is 14.8. The third kappa shape index (κ3) is 5.83. The average molecular weight is 463 g/mol. The Kier molecular flexibility index (Phi) is 7.29. The molecule has 0 bridgehead atoms. The predicted octanol–water partition coefficient (Wildman–Crippen LogP) is 4.39. The molecule has 164 valence electrons. The van der Waals surface area contributed by atoms with Crippen molar-refractivity contribution in [3.8, 4) is 0 Å². The van der Waals surface area contributed by atoms with Gasteiger partial charge in [-0.1, -0.05) is 11.6 Å². The average Bonchev–Trinajstić information content (AvgIpc) is 3.06. The van der Waals surface area contributed by atoms with Crippen molar-refractivity contribution in [3.05, 3.63) is 45.3 Å². The zero-order valence-electron chi connectivity index (χ0n) is 17.1. The van der Waals surface area contributed by atoms with Crippen LogP contribution in [-0.4, -0.2) is 36.8 Å². The van der Waals surface area contributed by atoms with Gasteiger partial charge in [0.05, 0.1) is 16.5 Å². The van der Waals surface area contributed by atoms with Gasteiger partial charge in [-0.3, -0.25) is 19.9 Å². The first kappa shape index (κ1) is 22.8. The van der Waals surface area contributed by atoms with E-state index in [0.29, 0.717) is 34.2 Å². The smallest absolute Gasteiger partial charge is 0.324 e. The van der Waals surface area contributed by atoms with E-state index in [9.17, 15) is 14.4 Å². The number of benzene rings is 1. The van der Waals surface area contributed by atoms with Gasteiger partial charge >= 0.3 is 12.0 Å². The van der Waals surface area contributed by atoms with Gasteiger partial charge in [-0.05, 0) is 50.1 Å². The molecule has 2 heterocycles. The molecule has 1 aromatic carbocycles. The quantitative estimate of drug-likeness (QED) is 0.528. The standard InChI is InChI=1S/C21H23ClN4O4S/c1-11(2)30-16(27)8-3-12-9-24-10-15-17(12)18(19(23)28)20(31-15)26-21(29)25-14-6-4-13(22)5-7-14/h4-7,10-12H,3,8-9H2,1-2H3,(H2,23,28)(H2,25,26,29). The highest BCUT2D eigenvalue weighted by Gasteiger charge is 2.30. The van der Waals surface area contributed by atoms with E-state index in [2.05, 4.69) is 15.6 Å². The zero-order valence-corrected chi connectivity index (χ0v) is 18.7. The van der Waals surface area contributed by atoms with E-state index in [-0.39, 0.29) is 30.0 Å². The Balaban J connectivity index is 1.78. The number of aliphatic imine (C=N–C) groups is 1. The third-order valence-electron chi connectivity index (χ3n) is 4.56. The first-order valence-electron chi connectivity index (χ1n) is 9.74. The van der Waals surface area contributed by atoms with E-state index in [1.54, 1.807) is 44.3 Å². The van der Waals surface area contributed by atoms with Gasteiger partial charge in [0.2, 0.25) is 0 Å². The van der Waals surface area contributed by atoms with Crippen LogP contribution >= 0.6 is 22.9 Å². The molecule has 4 N–H and O–H groups in total. The van der Waals surface area contributed by atoms with Crippen LogP contribution in [0.4, 0.5) is 15.5 Å². The molecular weight excluding hydrogens is 440 g/mol. The van der Waals surface area contributed by atoms with Crippen molar-refractivity contribution in [1.82, 2.24) is 0 Å². The summed E-state index contributed by atoms with van der Waals surface area (Å²) in [6.07, 6.45) is 2.14. The maximum Gasteiger partial charge on any atom is 0.324 e. The largest absolute Gasteiger partial charge is 0.463 e. The van der Waals surface area contributed by atoms with Crippen molar-refractivity contribution in [3.63, 3.8) is 0 Å². The predicted molar refractivity (Wildman–Crippen MR) is 123 cm³/mol. The lowest BCUT2D eigenvalue weighted by atomic mass is 9.89. The van der Waals surface area contributed by atoms with E-state index < -0.39 is 11.9 Å². The van der Waals surface area contributed by atoms with Crippen LogP contribution < -0.4 is 16.4 Å². The highest BCUT2D eigenvalue weighted by molar-refractivity contribution is 7.18. The summed E-state index contributed by atoms with van der Waals surface area (Å²) < 4.78 is 5.19. The number of rotatable bonds is 7. The summed E-state index contributed by atoms with van der Waals surface area (Å²) in [4.78, 5) is 41.8. The van der Waals surface area contributed by atoms with Crippen molar-refractivity contribution in [2.75, 3.05) is 17.2 Å². The number of fused-ring (bicyclic) bond motifs is 1. The second kappa shape index (κ2) is 9.93. The topological polar surface area (TPSA) is 123 Å². The fraction of sp³-hybridized carbons (Fsp3) is 0.333. The first-order chi connectivity index (χ1) is 14.7. The number of primary amides is 1. The lowest BCUT2D eigenvalue weighted by Crippen LogP contribution is -2.23. The number of hydrogen-bond donors (Lipinski definition) is 3. The van der Waals surface area contributed by atoms with Gasteiger partial charge in [0.15, 0.2) is 0 Å². The molecule has 3 amide bonds. The third-order valence-corrected chi connectivity index (χ3v) is 5.86. The van der Waals surface area contributed by atoms with Crippen LogP contribution in [0.2, 0.25) is 5.02 Å². The van der Waals surface area contributed by atoms with Crippen molar-refractivity contribution >= 4 is 57.7 Å². The fourth-order valence-corrected chi connectivity index (χ4v) is 4.61. The lowest BCUT2D eigenvalue weighted by molar-refractivity contribution is -0.147. The van der Waals surface area contributed by atoms with Crippen molar-refractivity contribution < 1.29 is 19.1 Å². The summed E-state index contributed by atoms with van der Waals surface area (Å²) >= 11 is 7.08. The Hall–Kier alpha value is -2.91. The Morgan fingerprint density at radius 1 is 1.26 bits per heavy atom. The van der Waals surface area contributed by atoms with Crippen LogP contribution in [0.15, 0.2) is 29.3 Å². The minimum Gasteiger partial charge on any atom is -0.463 e. The van der Waals surface area contributed by atoms with Crippen LogP contribution in [0.25, 0.3) is 0 Å². The fourth-order valence-electron chi connectivity index (χ4n) is 3.30. The van der Waals surface area contributed by atoms with Gasteiger partial charge in [-0.25, -0.2) is 4.79 Å². The van der Waals surface area contributed by atoms with Crippen molar-refractivity contribution in [2.24, 2.45) is 10.7 Å². The summed E-state index contributed by atoms with van der Waals surface area (Å²) in [6.45, 7) is 4.01. The van der Waals surface area contributed by atoms with Crippen LogP contribution in [0.1, 0.15) is 53.4 Å². The molecule has 31 heavy (non-hydrogen) atoms. The number of anilines is 2. The number of halogens is 1. The Morgan fingerprint density at radius 2 is 1.97 bits per heavy atom. The molecule has 0 aliphatic carbocycles. The number of hydrogen-bond acceptors (Lipinski definition) is 6. The summed E-state index contributed by atoms with van der Waals surface area (Å²) in [7, 11) is 0. The number of esters is 1. The second-order valence-corrected chi connectivity index (χ2v) is 8.79. The minimum absolute atomic E-state index is 0.173. The number of nitrogens with zero attached hydrogens (tertiary/aromatic N) is 1. The molecule has 1 atom stereocenters. The van der Waals surface area contributed by atoms with E-state index in [1.165, 1.54) is 11.3 Å². The minimum atomic E-state index is -0.649. The summed E-state index contributed by atoms with van der Waals surface area (Å²) in [6, 6.07) is 6.12. The molecule has 0 spiro atoms. The van der Waals surface area contributed by atoms with Crippen LogP contribution in [0.5, 0.6) is 0 Å². The Labute approximate surface area is 188 Å². The molecular formula is C21H23ClN4O4S. The molecule has 2 aromatic rings. The Bertz CT molecular complexity index is 1020. The summed E-state index contributed by atoms with van der Waals surface area (Å²) in [5.74, 6) is -1.12. The lowest BCUT2D eigenvalue weighted by Gasteiger charge is -2.19. The number of thiophene rings is 1. The molecule has 1 unspecified atom stereocenters. The van der Waals surface area contributed by atoms with Crippen LogP contribution in [-0.2, 0) is 9.53 Å². The molecule has 0 radical (unpaired) electrons. The number of carbonyl (C=O) groups is 3. The van der Waals surface area contributed by atoms with Crippen molar-refractivity contribution in [1.29, 1.82) is 0 Å². The maximum atomic E-state index is 12.5. The van der Waals surface area contributed by atoms with E-state index in [0.717, 1.165) is 4.88 Å². The molecule has 1 aliphatic heterocycles. The second-order valence-electron chi connectivity index (χ2n) is 7.30. The van der Waals surface area contributed by atoms with E-state index >= 15 is 0 Å². The number of ether oxygens (including phenoxy) is 1. The highest BCUT2D eigenvalue weighted by Crippen LogP contribution is 2.40. The number of amides is 3. The van der Waals surface area contributed by atoms with Crippen molar-refractivity contribution in [2.45, 2.75) is 38.7 Å². The Morgan fingerprint density at radius 3 is 2.61 bits per heavy atom. The molecule has 0 saturated heterocycles. The molecule has 1 aliphatic rings.